The van der Waals surface area contributed by atoms with Crippen molar-refractivity contribution < 1.29 is 0 Å². The zero-order valence-electron chi connectivity index (χ0n) is 12.8. The maximum Gasteiger partial charge on any atom is 0.0326 e. The number of benzene rings is 1. The first-order valence-electron chi connectivity index (χ1n) is 7.66. The molecule has 0 saturated heterocycles. The first-order chi connectivity index (χ1) is 9.09. The van der Waals surface area contributed by atoms with Gasteiger partial charge in [0.2, 0.25) is 0 Å². The number of aryl methyl sites for hydroxylation is 1. The molecule has 0 aliphatic heterocycles. The van der Waals surface area contributed by atoms with Crippen LogP contribution in [0.15, 0.2) is 24.3 Å². The van der Waals surface area contributed by atoms with E-state index in [0.29, 0.717) is 18.1 Å². The van der Waals surface area contributed by atoms with Crippen molar-refractivity contribution in [1.82, 2.24) is 10.2 Å². The van der Waals surface area contributed by atoms with Crippen molar-refractivity contribution in [3.05, 3.63) is 35.4 Å². The molecule has 0 bridgehead atoms. The minimum atomic E-state index is 0.567. The SMILES string of the molecule is CC(C)N(CCNC1CCc2ccccc21)C(C)C. The monoisotopic (exact) mass is 260 g/mol. The number of nitrogens with zero attached hydrogens (tertiary/aromatic N) is 1. The molecule has 0 saturated carbocycles. The molecule has 0 aromatic heterocycles. The predicted octanol–water partition coefficient (Wildman–Crippen LogP) is 3.38. The molecule has 0 heterocycles. The van der Waals surface area contributed by atoms with Gasteiger partial charge >= 0.3 is 0 Å². The Labute approximate surface area is 118 Å². The Bertz CT molecular complexity index is 390. The standard InChI is InChI=1S/C17H28N2/c1-13(2)19(14(3)4)12-11-18-17-10-9-15-7-5-6-8-16(15)17/h5-8,13-14,17-18H,9-12H2,1-4H3. The Morgan fingerprint density at radius 1 is 1.16 bits per heavy atom. The van der Waals surface area contributed by atoms with Gasteiger partial charge in [-0.05, 0) is 51.7 Å². The quantitative estimate of drug-likeness (QED) is 0.843. The van der Waals surface area contributed by atoms with E-state index in [1.54, 1.807) is 0 Å². The van der Waals surface area contributed by atoms with Crippen molar-refractivity contribution in [2.24, 2.45) is 0 Å². The lowest BCUT2D eigenvalue weighted by molar-refractivity contribution is 0.174. The van der Waals surface area contributed by atoms with Crippen LogP contribution in [-0.2, 0) is 6.42 Å². The molecule has 0 amide bonds. The molecule has 1 N–H and O–H groups in total. The number of hydrogen-bond donors (Lipinski definition) is 1. The molecule has 2 nitrogen and oxygen atoms in total. The van der Waals surface area contributed by atoms with Crippen molar-refractivity contribution in [3.63, 3.8) is 0 Å². The van der Waals surface area contributed by atoms with Crippen molar-refractivity contribution >= 4 is 0 Å². The molecule has 2 rings (SSSR count). The van der Waals surface area contributed by atoms with Crippen LogP contribution < -0.4 is 5.32 Å². The van der Waals surface area contributed by atoms with E-state index >= 15 is 0 Å². The average molecular weight is 260 g/mol. The smallest absolute Gasteiger partial charge is 0.0326 e. The summed E-state index contributed by atoms with van der Waals surface area (Å²) < 4.78 is 0. The summed E-state index contributed by atoms with van der Waals surface area (Å²) in [5.74, 6) is 0. The molecule has 1 unspecified atom stereocenters. The Balaban J connectivity index is 1.84. The van der Waals surface area contributed by atoms with E-state index in [0.717, 1.165) is 13.1 Å². The summed E-state index contributed by atoms with van der Waals surface area (Å²) >= 11 is 0. The molecular formula is C17H28N2. The van der Waals surface area contributed by atoms with Crippen LogP contribution in [0.5, 0.6) is 0 Å². The number of rotatable bonds is 6. The molecule has 106 valence electrons. The van der Waals surface area contributed by atoms with Gasteiger partial charge in [-0.25, -0.2) is 0 Å². The van der Waals surface area contributed by atoms with E-state index in [1.807, 2.05) is 0 Å². The third-order valence-corrected chi connectivity index (χ3v) is 4.22. The molecule has 1 aromatic rings. The van der Waals surface area contributed by atoms with E-state index in [1.165, 1.54) is 24.0 Å². The van der Waals surface area contributed by atoms with Crippen LogP contribution >= 0.6 is 0 Å². The van der Waals surface area contributed by atoms with Gasteiger partial charge < -0.3 is 5.32 Å². The molecule has 0 spiro atoms. The van der Waals surface area contributed by atoms with Crippen molar-refractivity contribution in [3.8, 4) is 0 Å². The van der Waals surface area contributed by atoms with E-state index in [-0.39, 0.29) is 0 Å². The fraction of sp³-hybridized carbons (Fsp3) is 0.647. The van der Waals surface area contributed by atoms with Crippen LogP contribution in [0.2, 0.25) is 0 Å². The number of nitrogens with one attached hydrogen (secondary N) is 1. The minimum Gasteiger partial charge on any atom is -0.309 e. The zero-order chi connectivity index (χ0) is 13.8. The van der Waals surface area contributed by atoms with Crippen LogP contribution in [0.1, 0.15) is 51.3 Å². The number of fused-ring (bicyclic) bond motifs is 1. The third kappa shape index (κ3) is 3.58. The average Bonchev–Trinajstić information content (AvgIpc) is 2.77. The highest BCUT2D eigenvalue weighted by atomic mass is 15.2. The van der Waals surface area contributed by atoms with E-state index in [2.05, 4.69) is 62.2 Å². The van der Waals surface area contributed by atoms with Gasteiger partial charge in [-0.1, -0.05) is 24.3 Å². The fourth-order valence-corrected chi connectivity index (χ4v) is 3.25. The predicted molar refractivity (Wildman–Crippen MR) is 82.5 cm³/mol. The fourth-order valence-electron chi connectivity index (χ4n) is 3.25. The molecule has 1 aliphatic carbocycles. The van der Waals surface area contributed by atoms with Crippen molar-refractivity contribution in [1.29, 1.82) is 0 Å². The van der Waals surface area contributed by atoms with Gasteiger partial charge in [0.1, 0.15) is 0 Å². The van der Waals surface area contributed by atoms with E-state index < -0.39 is 0 Å². The summed E-state index contributed by atoms with van der Waals surface area (Å²) in [4.78, 5) is 2.55. The zero-order valence-corrected chi connectivity index (χ0v) is 12.8. The topological polar surface area (TPSA) is 15.3 Å². The summed E-state index contributed by atoms with van der Waals surface area (Å²) in [5, 5.41) is 3.74. The summed E-state index contributed by atoms with van der Waals surface area (Å²) in [6, 6.07) is 10.7. The summed E-state index contributed by atoms with van der Waals surface area (Å²) in [7, 11) is 0. The minimum absolute atomic E-state index is 0.567. The molecule has 2 heteroatoms. The van der Waals surface area contributed by atoms with Crippen molar-refractivity contribution in [2.75, 3.05) is 13.1 Å². The van der Waals surface area contributed by atoms with Gasteiger partial charge in [0.25, 0.3) is 0 Å². The lowest BCUT2D eigenvalue weighted by Crippen LogP contribution is -2.41. The third-order valence-electron chi connectivity index (χ3n) is 4.22. The van der Waals surface area contributed by atoms with Gasteiger partial charge in [0, 0.05) is 31.2 Å². The highest BCUT2D eigenvalue weighted by molar-refractivity contribution is 5.34. The van der Waals surface area contributed by atoms with E-state index in [4.69, 9.17) is 0 Å². The van der Waals surface area contributed by atoms with Crippen LogP contribution in [-0.4, -0.2) is 30.1 Å². The first kappa shape index (κ1) is 14.5. The summed E-state index contributed by atoms with van der Waals surface area (Å²) in [6.07, 6.45) is 2.48. The maximum atomic E-state index is 3.74. The lowest BCUT2D eigenvalue weighted by atomic mass is 10.1. The van der Waals surface area contributed by atoms with Gasteiger partial charge in [0.05, 0.1) is 0 Å². The molecule has 0 fully saturated rings. The van der Waals surface area contributed by atoms with Crippen LogP contribution in [0.4, 0.5) is 0 Å². The summed E-state index contributed by atoms with van der Waals surface area (Å²) in [6.45, 7) is 11.3. The highest BCUT2D eigenvalue weighted by Gasteiger charge is 2.21. The van der Waals surface area contributed by atoms with Gasteiger partial charge in [0.15, 0.2) is 0 Å². The second-order valence-electron chi connectivity index (χ2n) is 6.17. The molecule has 1 aromatic carbocycles. The Kier molecular flexibility index (Phi) is 5.00. The second-order valence-corrected chi connectivity index (χ2v) is 6.17. The first-order valence-corrected chi connectivity index (χ1v) is 7.66. The Hall–Kier alpha value is -0.860. The van der Waals surface area contributed by atoms with Gasteiger partial charge in [-0.3, -0.25) is 4.90 Å². The Morgan fingerprint density at radius 2 is 1.84 bits per heavy atom. The highest BCUT2D eigenvalue weighted by Crippen LogP contribution is 2.30. The molecular weight excluding hydrogens is 232 g/mol. The van der Waals surface area contributed by atoms with Crippen molar-refractivity contribution in [2.45, 2.75) is 58.7 Å². The molecule has 19 heavy (non-hydrogen) atoms. The summed E-state index contributed by atoms with van der Waals surface area (Å²) in [5.41, 5.74) is 3.05. The molecule has 0 radical (unpaired) electrons. The largest absolute Gasteiger partial charge is 0.309 e. The molecule has 1 aliphatic rings. The maximum absolute atomic E-state index is 3.74. The van der Waals surface area contributed by atoms with E-state index in [9.17, 15) is 0 Å². The van der Waals surface area contributed by atoms with Crippen LogP contribution in [0, 0.1) is 0 Å². The van der Waals surface area contributed by atoms with Gasteiger partial charge in [-0.15, -0.1) is 0 Å². The van der Waals surface area contributed by atoms with Crippen LogP contribution in [0.25, 0.3) is 0 Å². The molecule has 1 atom stereocenters. The lowest BCUT2D eigenvalue weighted by Gasteiger charge is -2.31. The normalized spacial score (nSPS) is 18.6. The number of hydrogen-bond acceptors (Lipinski definition) is 2. The van der Waals surface area contributed by atoms with Gasteiger partial charge in [-0.2, -0.15) is 0 Å². The Morgan fingerprint density at radius 3 is 2.53 bits per heavy atom. The van der Waals surface area contributed by atoms with Crippen LogP contribution in [0.3, 0.4) is 0 Å². The second kappa shape index (κ2) is 6.53.